The summed E-state index contributed by atoms with van der Waals surface area (Å²) in [6.45, 7) is 2.06. The van der Waals surface area contributed by atoms with Crippen molar-refractivity contribution in [1.82, 2.24) is 25.1 Å². The molecule has 172 valence electrons. The van der Waals surface area contributed by atoms with E-state index in [0.717, 1.165) is 12.8 Å². The molecule has 2 aromatic heterocycles. The molecule has 1 saturated carbocycles. The van der Waals surface area contributed by atoms with Crippen molar-refractivity contribution in [2.24, 2.45) is 12.8 Å². The minimum Gasteiger partial charge on any atom is -0.494 e. The van der Waals surface area contributed by atoms with Gasteiger partial charge < -0.3 is 15.8 Å². The molecule has 1 aromatic carbocycles. The van der Waals surface area contributed by atoms with Crippen LogP contribution in [0.3, 0.4) is 0 Å². The van der Waals surface area contributed by atoms with E-state index in [2.05, 4.69) is 20.4 Å². The SMILES string of the molecule is CCON(c1cc(C(=O)NC2CC2)ncc1C(N)=O)c1cccc(-c2ncn(C)n2)c1OC. The monoisotopic (exact) mass is 451 g/mol. The Morgan fingerprint density at radius 3 is 2.67 bits per heavy atom. The number of ether oxygens (including phenoxy) is 1. The first-order valence-corrected chi connectivity index (χ1v) is 10.5. The van der Waals surface area contributed by atoms with Gasteiger partial charge in [-0.15, -0.1) is 0 Å². The fourth-order valence-corrected chi connectivity index (χ4v) is 3.35. The molecule has 3 aromatic rings. The highest BCUT2D eigenvalue weighted by Gasteiger charge is 2.28. The molecule has 0 radical (unpaired) electrons. The first-order valence-electron chi connectivity index (χ1n) is 10.5. The molecule has 1 aliphatic carbocycles. The zero-order chi connectivity index (χ0) is 23.5. The quantitative estimate of drug-likeness (QED) is 0.471. The lowest BCUT2D eigenvalue weighted by Gasteiger charge is -2.27. The molecule has 0 aliphatic heterocycles. The Balaban J connectivity index is 1.84. The Bertz CT molecular complexity index is 1190. The lowest BCUT2D eigenvalue weighted by molar-refractivity contribution is 0.0942. The van der Waals surface area contributed by atoms with Gasteiger partial charge in [0.05, 0.1) is 30.5 Å². The van der Waals surface area contributed by atoms with Crippen LogP contribution >= 0.6 is 0 Å². The molecule has 0 saturated heterocycles. The first-order chi connectivity index (χ1) is 15.9. The van der Waals surface area contributed by atoms with Crippen molar-refractivity contribution < 1.29 is 19.2 Å². The van der Waals surface area contributed by atoms with Crippen molar-refractivity contribution in [3.8, 4) is 17.1 Å². The van der Waals surface area contributed by atoms with Crippen molar-refractivity contribution in [2.75, 3.05) is 18.8 Å². The summed E-state index contributed by atoms with van der Waals surface area (Å²) < 4.78 is 7.29. The maximum absolute atomic E-state index is 12.6. The van der Waals surface area contributed by atoms with Gasteiger partial charge >= 0.3 is 0 Å². The van der Waals surface area contributed by atoms with Crippen LogP contribution in [0.4, 0.5) is 11.4 Å². The molecule has 2 amide bonds. The second-order valence-corrected chi connectivity index (χ2v) is 7.51. The highest BCUT2D eigenvalue weighted by Crippen LogP contribution is 2.41. The van der Waals surface area contributed by atoms with E-state index < -0.39 is 5.91 Å². The van der Waals surface area contributed by atoms with Crippen LogP contribution in [0.25, 0.3) is 11.4 Å². The van der Waals surface area contributed by atoms with Gasteiger partial charge in [-0.1, -0.05) is 6.07 Å². The molecule has 0 bridgehead atoms. The van der Waals surface area contributed by atoms with Crippen LogP contribution in [0.2, 0.25) is 0 Å². The number of amides is 2. The number of carbonyl (C=O) groups is 2. The molecule has 11 heteroatoms. The number of nitrogens with one attached hydrogen (secondary N) is 1. The number of nitrogens with zero attached hydrogens (tertiary/aromatic N) is 5. The fourth-order valence-electron chi connectivity index (χ4n) is 3.35. The minimum absolute atomic E-state index is 0.0924. The summed E-state index contributed by atoms with van der Waals surface area (Å²) in [5.74, 6) is -0.155. The van der Waals surface area contributed by atoms with Crippen LogP contribution in [-0.4, -0.2) is 51.3 Å². The molecule has 2 heterocycles. The number of benzene rings is 1. The normalized spacial score (nSPS) is 12.9. The minimum atomic E-state index is -0.710. The second kappa shape index (κ2) is 9.25. The highest BCUT2D eigenvalue weighted by molar-refractivity contribution is 6.02. The zero-order valence-corrected chi connectivity index (χ0v) is 18.6. The number of nitrogens with two attached hydrogens (primary N) is 1. The summed E-state index contributed by atoms with van der Waals surface area (Å²) in [5, 5.41) is 8.66. The number of methoxy groups -OCH3 is 1. The second-order valence-electron chi connectivity index (χ2n) is 7.51. The standard InChI is InChI=1S/C22H25N7O4/c1-4-33-29(17-7-5-6-14(19(17)32-3)21-25-12-28(2)27-21)18-10-16(22(31)26-13-8-9-13)24-11-15(18)20(23)30/h5-7,10-13H,4,8-9H2,1-3H3,(H2,23,30)(H,26,31). The maximum atomic E-state index is 12.6. The molecule has 33 heavy (non-hydrogen) atoms. The topological polar surface area (TPSA) is 137 Å². The van der Waals surface area contributed by atoms with Crippen LogP contribution < -0.4 is 20.9 Å². The molecule has 0 atom stereocenters. The highest BCUT2D eigenvalue weighted by atomic mass is 16.7. The van der Waals surface area contributed by atoms with Crippen LogP contribution in [0.1, 0.15) is 40.6 Å². The number of hydrogen-bond acceptors (Lipinski definition) is 8. The molecule has 4 rings (SSSR count). The third kappa shape index (κ3) is 4.62. The molecule has 11 nitrogen and oxygen atoms in total. The number of rotatable bonds is 9. The van der Waals surface area contributed by atoms with Crippen LogP contribution in [0.5, 0.6) is 5.75 Å². The van der Waals surface area contributed by atoms with Gasteiger partial charge in [0.25, 0.3) is 11.8 Å². The molecule has 0 spiro atoms. The van der Waals surface area contributed by atoms with Gasteiger partial charge in [0.15, 0.2) is 11.6 Å². The zero-order valence-electron chi connectivity index (χ0n) is 18.6. The summed E-state index contributed by atoms with van der Waals surface area (Å²) in [4.78, 5) is 39.2. The predicted molar refractivity (Wildman–Crippen MR) is 120 cm³/mol. The number of primary amides is 1. The summed E-state index contributed by atoms with van der Waals surface area (Å²) in [5.41, 5.74) is 7.23. The Morgan fingerprint density at radius 2 is 2.06 bits per heavy atom. The predicted octanol–water partition coefficient (Wildman–Crippen LogP) is 1.97. The summed E-state index contributed by atoms with van der Waals surface area (Å²) >= 11 is 0. The van der Waals surface area contributed by atoms with Gasteiger partial charge in [-0.2, -0.15) is 5.10 Å². The Hall–Kier alpha value is -3.99. The molecular formula is C22H25N7O4. The van der Waals surface area contributed by atoms with E-state index in [9.17, 15) is 9.59 Å². The molecule has 1 fully saturated rings. The number of para-hydroxylation sites is 1. The van der Waals surface area contributed by atoms with Gasteiger partial charge in [-0.3, -0.25) is 24.1 Å². The Labute approximate surface area is 190 Å². The largest absolute Gasteiger partial charge is 0.494 e. The number of anilines is 2. The third-order valence-corrected chi connectivity index (χ3v) is 5.03. The van der Waals surface area contributed by atoms with Gasteiger partial charge in [0.1, 0.15) is 17.7 Å². The lowest BCUT2D eigenvalue weighted by atomic mass is 10.1. The fraction of sp³-hybridized carbons (Fsp3) is 0.318. The smallest absolute Gasteiger partial charge is 0.270 e. The van der Waals surface area contributed by atoms with E-state index >= 15 is 0 Å². The molecule has 3 N–H and O–H groups in total. The van der Waals surface area contributed by atoms with Crippen LogP contribution in [0, 0.1) is 0 Å². The summed E-state index contributed by atoms with van der Waals surface area (Å²) in [7, 11) is 3.29. The summed E-state index contributed by atoms with van der Waals surface area (Å²) in [6, 6.07) is 7.01. The average Bonchev–Trinajstić information content (AvgIpc) is 3.52. The van der Waals surface area contributed by atoms with E-state index in [4.69, 9.17) is 15.3 Å². The first kappa shape index (κ1) is 22.2. The lowest BCUT2D eigenvalue weighted by Crippen LogP contribution is -2.28. The van der Waals surface area contributed by atoms with Crippen LogP contribution in [-0.2, 0) is 11.9 Å². The van der Waals surface area contributed by atoms with Gasteiger partial charge in [0, 0.05) is 19.3 Å². The maximum Gasteiger partial charge on any atom is 0.270 e. The average molecular weight is 451 g/mol. The van der Waals surface area contributed by atoms with Crippen molar-refractivity contribution >= 4 is 23.2 Å². The molecular weight excluding hydrogens is 426 g/mol. The van der Waals surface area contributed by atoms with Crippen molar-refractivity contribution in [3.05, 3.63) is 48.0 Å². The van der Waals surface area contributed by atoms with Crippen molar-refractivity contribution in [1.29, 1.82) is 0 Å². The van der Waals surface area contributed by atoms with Gasteiger partial charge in [0.2, 0.25) is 0 Å². The summed E-state index contributed by atoms with van der Waals surface area (Å²) in [6.07, 6.45) is 4.74. The number of carbonyl (C=O) groups excluding carboxylic acids is 2. The van der Waals surface area contributed by atoms with Gasteiger partial charge in [-0.05, 0) is 38.0 Å². The van der Waals surface area contributed by atoms with Crippen molar-refractivity contribution in [2.45, 2.75) is 25.8 Å². The van der Waals surface area contributed by atoms with E-state index in [1.54, 1.807) is 37.1 Å². The molecule has 0 unspecified atom stereocenters. The number of aromatic nitrogens is 4. The van der Waals surface area contributed by atoms with Crippen LogP contribution in [0.15, 0.2) is 36.8 Å². The van der Waals surface area contributed by atoms with E-state index in [1.807, 2.05) is 6.07 Å². The van der Waals surface area contributed by atoms with Crippen molar-refractivity contribution in [3.63, 3.8) is 0 Å². The number of hydrogen-bond donors (Lipinski definition) is 2. The Kier molecular flexibility index (Phi) is 6.22. The van der Waals surface area contributed by atoms with Gasteiger partial charge in [-0.25, -0.2) is 10.0 Å². The van der Waals surface area contributed by atoms with E-state index in [0.29, 0.717) is 22.8 Å². The number of aryl methyl sites for hydroxylation is 1. The van der Waals surface area contributed by atoms with E-state index in [1.165, 1.54) is 24.4 Å². The number of pyridine rings is 1. The van der Waals surface area contributed by atoms with E-state index in [-0.39, 0.29) is 35.5 Å². The Morgan fingerprint density at radius 1 is 1.27 bits per heavy atom. The molecule has 1 aliphatic rings. The third-order valence-electron chi connectivity index (χ3n) is 5.03.